The quantitative estimate of drug-likeness (QED) is 0.683. The first-order valence-electron chi connectivity index (χ1n) is 9.29. The van der Waals surface area contributed by atoms with Gasteiger partial charge in [0, 0.05) is 11.8 Å². The first-order valence-corrected chi connectivity index (χ1v) is 9.29. The van der Waals surface area contributed by atoms with Gasteiger partial charge in [0.25, 0.3) is 0 Å². The van der Waals surface area contributed by atoms with Crippen molar-refractivity contribution in [3.63, 3.8) is 0 Å². The second-order valence-corrected chi connectivity index (χ2v) is 9.07. The van der Waals surface area contributed by atoms with E-state index in [4.69, 9.17) is 0 Å². The SMILES string of the molecule is CC1C=C2CC(O)CCC2(C)C2CCC3(C)C(=O)CCC3C12. The number of carbonyl (C=O) groups excluding carboxylic acids is 1. The molecule has 0 aromatic heterocycles. The van der Waals surface area contributed by atoms with Gasteiger partial charge in [0.1, 0.15) is 5.78 Å². The largest absolute Gasteiger partial charge is 0.393 e. The van der Waals surface area contributed by atoms with E-state index in [1.807, 2.05) is 0 Å². The molecule has 2 nitrogen and oxygen atoms in total. The molecule has 4 rings (SSSR count). The van der Waals surface area contributed by atoms with Crippen molar-refractivity contribution in [1.29, 1.82) is 0 Å². The fourth-order valence-corrected chi connectivity index (χ4v) is 6.77. The summed E-state index contributed by atoms with van der Waals surface area (Å²) >= 11 is 0. The van der Waals surface area contributed by atoms with Gasteiger partial charge < -0.3 is 5.11 Å². The molecule has 3 saturated carbocycles. The van der Waals surface area contributed by atoms with Gasteiger partial charge >= 0.3 is 0 Å². The van der Waals surface area contributed by atoms with Crippen molar-refractivity contribution in [1.82, 2.24) is 0 Å². The van der Waals surface area contributed by atoms with Crippen molar-refractivity contribution < 1.29 is 9.90 Å². The highest BCUT2D eigenvalue weighted by molar-refractivity contribution is 5.87. The fraction of sp³-hybridized carbons (Fsp3) is 0.850. The molecule has 0 spiro atoms. The maximum absolute atomic E-state index is 12.5. The summed E-state index contributed by atoms with van der Waals surface area (Å²) in [5.41, 5.74) is 1.77. The Labute approximate surface area is 134 Å². The Kier molecular flexibility index (Phi) is 3.18. The van der Waals surface area contributed by atoms with Gasteiger partial charge in [0.15, 0.2) is 0 Å². The lowest BCUT2D eigenvalue weighted by Gasteiger charge is -2.58. The van der Waals surface area contributed by atoms with Crippen LogP contribution in [0.3, 0.4) is 0 Å². The van der Waals surface area contributed by atoms with Crippen LogP contribution in [0.2, 0.25) is 0 Å². The first kappa shape index (κ1) is 14.9. The van der Waals surface area contributed by atoms with Crippen LogP contribution in [0.4, 0.5) is 0 Å². The van der Waals surface area contributed by atoms with Crippen LogP contribution in [0.1, 0.15) is 65.7 Å². The second-order valence-electron chi connectivity index (χ2n) is 9.07. The molecule has 7 atom stereocenters. The van der Waals surface area contributed by atoms with Crippen molar-refractivity contribution in [3.8, 4) is 0 Å². The van der Waals surface area contributed by atoms with Gasteiger partial charge in [-0.15, -0.1) is 0 Å². The first-order chi connectivity index (χ1) is 10.4. The lowest BCUT2D eigenvalue weighted by atomic mass is 9.46. The molecule has 7 unspecified atom stereocenters. The summed E-state index contributed by atoms with van der Waals surface area (Å²) in [6.45, 7) is 7.07. The summed E-state index contributed by atoms with van der Waals surface area (Å²) in [4.78, 5) is 12.5. The molecule has 1 N–H and O–H groups in total. The predicted octanol–water partition coefficient (Wildman–Crippen LogP) is 4.13. The minimum absolute atomic E-state index is 0.0364. The van der Waals surface area contributed by atoms with Crippen LogP contribution in [0.5, 0.6) is 0 Å². The average molecular weight is 302 g/mol. The third-order valence-electron chi connectivity index (χ3n) is 8.12. The van der Waals surface area contributed by atoms with E-state index in [0.717, 1.165) is 44.4 Å². The maximum Gasteiger partial charge on any atom is 0.139 e. The molecular weight excluding hydrogens is 272 g/mol. The van der Waals surface area contributed by atoms with E-state index in [9.17, 15) is 9.90 Å². The Hall–Kier alpha value is -0.630. The molecule has 0 radical (unpaired) electrons. The zero-order valence-corrected chi connectivity index (χ0v) is 14.3. The molecule has 22 heavy (non-hydrogen) atoms. The summed E-state index contributed by atoms with van der Waals surface area (Å²) in [7, 11) is 0. The zero-order valence-electron chi connectivity index (χ0n) is 14.3. The Bertz CT molecular complexity index is 536. The molecular formula is C20H30O2. The van der Waals surface area contributed by atoms with Crippen LogP contribution >= 0.6 is 0 Å². The minimum Gasteiger partial charge on any atom is -0.393 e. The van der Waals surface area contributed by atoms with Crippen LogP contribution in [0, 0.1) is 34.5 Å². The number of Topliss-reactive ketones (excluding diaryl/α,β-unsaturated/α-hetero) is 1. The molecule has 3 fully saturated rings. The molecule has 0 bridgehead atoms. The molecule has 0 aromatic rings. The van der Waals surface area contributed by atoms with Gasteiger partial charge in [0.2, 0.25) is 0 Å². The van der Waals surface area contributed by atoms with E-state index in [2.05, 4.69) is 26.8 Å². The molecule has 0 aliphatic heterocycles. The van der Waals surface area contributed by atoms with Crippen molar-refractivity contribution in [3.05, 3.63) is 11.6 Å². The normalized spacial score (nSPS) is 54.3. The van der Waals surface area contributed by atoms with Crippen LogP contribution in [0.15, 0.2) is 11.6 Å². The van der Waals surface area contributed by atoms with Crippen LogP contribution in [-0.4, -0.2) is 17.0 Å². The number of allylic oxidation sites excluding steroid dienone is 1. The van der Waals surface area contributed by atoms with E-state index >= 15 is 0 Å². The van der Waals surface area contributed by atoms with E-state index in [1.54, 1.807) is 0 Å². The van der Waals surface area contributed by atoms with Crippen molar-refractivity contribution in [2.75, 3.05) is 0 Å². The number of ketones is 1. The number of aliphatic hydroxyl groups is 1. The highest BCUT2D eigenvalue weighted by Crippen LogP contribution is 2.65. The third-order valence-corrected chi connectivity index (χ3v) is 8.12. The van der Waals surface area contributed by atoms with Gasteiger partial charge in [-0.2, -0.15) is 0 Å². The van der Waals surface area contributed by atoms with Crippen LogP contribution in [0.25, 0.3) is 0 Å². The van der Waals surface area contributed by atoms with Gasteiger partial charge in [-0.05, 0) is 67.6 Å². The molecule has 4 aliphatic carbocycles. The number of aliphatic hydroxyl groups excluding tert-OH is 1. The van der Waals surface area contributed by atoms with Crippen molar-refractivity contribution in [2.45, 2.75) is 71.8 Å². The Morgan fingerprint density at radius 2 is 1.77 bits per heavy atom. The van der Waals surface area contributed by atoms with E-state index in [1.165, 1.54) is 12.0 Å². The predicted molar refractivity (Wildman–Crippen MR) is 87.3 cm³/mol. The van der Waals surface area contributed by atoms with E-state index in [-0.39, 0.29) is 16.9 Å². The second kappa shape index (κ2) is 4.69. The number of fused-ring (bicyclic) bond motifs is 5. The van der Waals surface area contributed by atoms with Gasteiger partial charge in [0.05, 0.1) is 6.10 Å². The topological polar surface area (TPSA) is 37.3 Å². The number of hydrogen-bond acceptors (Lipinski definition) is 2. The summed E-state index contributed by atoms with van der Waals surface area (Å²) in [6, 6.07) is 0. The average Bonchev–Trinajstić information content (AvgIpc) is 2.77. The van der Waals surface area contributed by atoms with Gasteiger partial charge in [-0.25, -0.2) is 0 Å². The van der Waals surface area contributed by atoms with Gasteiger partial charge in [-0.1, -0.05) is 32.4 Å². The highest BCUT2D eigenvalue weighted by Gasteiger charge is 2.59. The Balaban J connectivity index is 1.75. The van der Waals surface area contributed by atoms with E-state index in [0.29, 0.717) is 23.5 Å². The third kappa shape index (κ3) is 1.79. The van der Waals surface area contributed by atoms with Crippen molar-refractivity contribution in [2.24, 2.45) is 34.5 Å². The van der Waals surface area contributed by atoms with Gasteiger partial charge in [-0.3, -0.25) is 4.79 Å². The molecule has 2 heteroatoms. The number of rotatable bonds is 0. The lowest BCUT2D eigenvalue weighted by Crippen LogP contribution is -2.52. The number of hydrogen-bond donors (Lipinski definition) is 1. The number of carbonyl (C=O) groups is 1. The van der Waals surface area contributed by atoms with Crippen LogP contribution < -0.4 is 0 Å². The smallest absolute Gasteiger partial charge is 0.139 e. The molecule has 0 heterocycles. The molecule has 122 valence electrons. The summed E-state index contributed by atoms with van der Waals surface area (Å²) in [5.74, 6) is 3.08. The highest BCUT2D eigenvalue weighted by atomic mass is 16.3. The molecule has 4 aliphatic rings. The lowest BCUT2D eigenvalue weighted by molar-refractivity contribution is -0.133. The van der Waals surface area contributed by atoms with Crippen LogP contribution in [-0.2, 0) is 4.79 Å². The summed E-state index contributed by atoms with van der Waals surface area (Å²) in [5, 5.41) is 10.1. The zero-order chi connectivity index (χ0) is 15.7. The minimum atomic E-state index is -0.134. The Morgan fingerprint density at radius 3 is 2.55 bits per heavy atom. The molecule has 0 amide bonds. The monoisotopic (exact) mass is 302 g/mol. The summed E-state index contributed by atoms with van der Waals surface area (Å²) in [6.07, 6.45) is 9.53. The molecule has 0 aromatic carbocycles. The fourth-order valence-electron chi connectivity index (χ4n) is 6.77. The van der Waals surface area contributed by atoms with E-state index < -0.39 is 0 Å². The molecule has 0 saturated heterocycles. The maximum atomic E-state index is 12.5. The summed E-state index contributed by atoms with van der Waals surface area (Å²) < 4.78 is 0. The Morgan fingerprint density at radius 1 is 1.09 bits per heavy atom. The standard InChI is InChI=1S/C20H30O2/c1-12-10-13-11-14(21)6-8-19(13,2)16-7-9-20(3)15(18(12)16)4-5-17(20)22/h10,12,14-16,18,21H,4-9,11H2,1-3H3. The van der Waals surface area contributed by atoms with Crippen molar-refractivity contribution >= 4 is 5.78 Å².